The van der Waals surface area contributed by atoms with Gasteiger partial charge in [-0.25, -0.2) is 0 Å². The lowest BCUT2D eigenvalue weighted by Gasteiger charge is -2.10. The largest absolute Gasteiger partial charge is 0.484 e. The Morgan fingerprint density at radius 2 is 1.85 bits per heavy atom. The molecular weight excluding hydrogens is 332 g/mol. The number of aryl methyl sites for hydroxylation is 2. The molecule has 6 heteroatoms. The summed E-state index contributed by atoms with van der Waals surface area (Å²) in [5, 5.41) is 5.47. The Balaban J connectivity index is 1.89. The molecule has 2 aromatic rings. The first-order valence-electron chi connectivity index (χ1n) is 8.36. The van der Waals surface area contributed by atoms with Crippen molar-refractivity contribution in [1.82, 2.24) is 5.32 Å². The van der Waals surface area contributed by atoms with Crippen molar-refractivity contribution in [3.8, 4) is 5.75 Å². The smallest absolute Gasteiger partial charge is 0.262 e. The van der Waals surface area contributed by atoms with Crippen LogP contribution in [-0.4, -0.2) is 38.7 Å². The molecule has 0 aliphatic carbocycles. The van der Waals surface area contributed by atoms with Crippen LogP contribution in [0, 0.1) is 13.8 Å². The van der Waals surface area contributed by atoms with Crippen LogP contribution in [0.4, 0.5) is 5.69 Å². The fraction of sp³-hybridized carbons (Fsp3) is 0.300. The summed E-state index contributed by atoms with van der Waals surface area (Å²) in [6, 6.07) is 12.4. The highest BCUT2D eigenvalue weighted by atomic mass is 16.5. The number of hydrogen-bond donors (Lipinski definition) is 2. The molecule has 2 aromatic carbocycles. The molecule has 138 valence electrons. The Morgan fingerprint density at radius 3 is 2.58 bits per heavy atom. The molecule has 0 aromatic heterocycles. The lowest BCUT2D eigenvalue weighted by molar-refractivity contribution is -0.118. The molecule has 2 N–H and O–H groups in total. The molecule has 0 radical (unpaired) electrons. The van der Waals surface area contributed by atoms with Crippen LogP contribution in [0.5, 0.6) is 5.75 Å². The normalized spacial score (nSPS) is 10.3. The molecule has 0 atom stereocenters. The van der Waals surface area contributed by atoms with Gasteiger partial charge in [-0.05, 0) is 55.3 Å². The number of nitrogens with one attached hydrogen (secondary N) is 2. The van der Waals surface area contributed by atoms with Gasteiger partial charge < -0.3 is 20.1 Å². The van der Waals surface area contributed by atoms with Crippen molar-refractivity contribution in [3.05, 3.63) is 59.2 Å². The van der Waals surface area contributed by atoms with Gasteiger partial charge in [0.25, 0.3) is 11.8 Å². The highest BCUT2D eigenvalue weighted by Gasteiger charge is 2.08. The van der Waals surface area contributed by atoms with Gasteiger partial charge in [-0.2, -0.15) is 0 Å². The van der Waals surface area contributed by atoms with E-state index in [1.54, 1.807) is 31.4 Å². The van der Waals surface area contributed by atoms with Gasteiger partial charge in [0.1, 0.15) is 5.75 Å². The molecular formula is C20H24N2O4. The fourth-order valence-corrected chi connectivity index (χ4v) is 2.26. The standard InChI is InChI=1S/C20H24N2O4/c1-14-7-8-18(11-15(14)2)26-13-19(23)22-17-6-4-5-16(12-17)20(24)21-9-10-25-3/h4-8,11-12H,9-10,13H2,1-3H3,(H,21,24)(H,22,23). The Bertz CT molecular complexity index is 774. The first kappa shape index (κ1) is 19.5. The molecule has 0 unspecified atom stereocenters. The topological polar surface area (TPSA) is 76.7 Å². The summed E-state index contributed by atoms with van der Waals surface area (Å²) >= 11 is 0. The summed E-state index contributed by atoms with van der Waals surface area (Å²) in [6.07, 6.45) is 0. The molecule has 0 saturated carbocycles. The van der Waals surface area contributed by atoms with E-state index in [0.29, 0.717) is 30.2 Å². The maximum Gasteiger partial charge on any atom is 0.262 e. The van der Waals surface area contributed by atoms with Crippen LogP contribution in [-0.2, 0) is 9.53 Å². The third-order valence-electron chi connectivity index (χ3n) is 3.85. The SMILES string of the molecule is COCCNC(=O)c1cccc(NC(=O)COc2ccc(C)c(C)c2)c1. The van der Waals surface area contributed by atoms with Gasteiger partial charge in [-0.1, -0.05) is 12.1 Å². The van der Waals surface area contributed by atoms with E-state index in [2.05, 4.69) is 10.6 Å². The minimum Gasteiger partial charge on any atom is -0.484 e. The van der Waals surface area contributed by atoms with E-state index in [-0.39, 0.29) is 18.4 Å². The number of benzene rings is 2. The van der Waals surface area contributed by atoms with Crippen LogP contribution < -0.4 is 15.4 Å². The fourth-order valence-electron chi connectivity index (χ4n) is 2.26. The first-order chi connectivity index (χ1) is 12.5. The summed E-state index contributed by atoms with van der Waals surface area (Å²) in [5.41, 5.74) is 3.28. The number of carbonyl (C=O) groups is 2. The molecule has 2 amide bonds. The van der Waals surface area contributed by atoms with E-state index in [4.69, 9.17) is 9.47 Å². The number of ether oxygens (including phenoxy) is 2. The number of amides is 2. The van der Waals surface area contributed by atoms with Crippen LogP contribution in [0.3, 0.4) is 0 Å². The summed E-state index contributed by atoms with van der Waals surface area (Å²) in [4.78, 5) is 24.1. The number of carbonyl (C=O) groups excluding carboxylic acids is 2. The van der Waals surface area contributed by atoms with Crippen molar-refractivity contribution in [2.24, 2.45) is 0 Å². The Labute approximate surface area is 153 Å². The van der Waals surface area contributed by atoms with Crippen molar-refractivity contribution in [3.63, 3.8) is 0 Å². The molecule has 0 aliphatic rings. The average molecular weight is 356 g/mol. The summed E-state index contributed by atoms with van der Waals surface area (Å²) in [5.74, 6) is 0.138. The monoisotopic (exact) mass is 356 g/mol. The van der Waals surface area contributed by atoms with Gasteiger partial charge in [0, 0.05) is 24.9 Å². The second kappa shape index (κ2) is 9.58. The van der Waals surface area contributed by atoms with Gasteiger partial charge in [0.2, 0.25) is 0 Å². The maximum absolute atomic E-state index is 12.1. The second-order valence-electron chi connectivity index (χ2n) is 5.91. The van der Waals surface area contributed by atoms with Crippen molar-refractivity contribution < 1.29 is 19.1 Å². The lowest BCUT2D eigenvalue weighted by atomic mass is 10.1. The predicted octanol–water partition coefficient (Wildman–Crippen LogP) is 2.70. The minimum absolute atomic E-state index is 0.104. The van der Waals surface area contributed by atoms with E-state index in [9.17, 15) is 9.59 Å². The van der Waals surface area contributed by atoms with Crippen LogP contribution in [0.1, 0.15) is 21.5 Å². The number of rotatable bonds is 8. The van der Waals surface area contributed by atoms with E-state index in [1.165, 1.54) is 5.56 Å². The Hall–Kier alpha value is -2.86. The molecule has 0 spiro atoms. The average Bonchev–Trinajstić information content (AvgIpc) is 2.63. The predicted molar refractivity (Wildman–Crippen MR) is 101 cm³/mol. The molecule has 0 heterocycles. The van der Waals surface area contributed by atoms with Crippen molar-refractivity contribution in [1.29, 1.82) is 0 Å². The maximum atomic E-state index is 12.1. The summed E-state index contributed by atoms with van der Waals surface area (Å²) in [7, 11) is 1.57. The summed E-state index contributed by atoms with van der Waals surface area (Å²) < 4.78 is 10.4. The van der Waals surface area contributed by atoms with Crippen molar-refractivity contribution >= 4 is 17.5 Å². The first-order valence-corrected chi connectivity index (χ1v) is 8.36. The van der Waals surface area contributed by atoms with Crippen LogP contribution in [0.15, 0.2) is 42.5 Å². The zero-order chi connectivity index (χ0) is 18.9. The molecule has 26 heavy (non-hydrogen) atoms. The van der Waals surface area contributed by atoms with Crippen LogP contribution in [0.25, 0.3) is 0 Å². The number of hydrogen-bond acceptors (Lipinski definition) is 4. The highest BCUT2D eigenvalue weighted by molar-refractivity contribution is 5.97. The lowest BCUT2D eigenvalue weighted by Crippen LogP contribution is -2.27. The zero-order valence-corrected chi connectivity index (χ0v) is 15.3. The van der Waals surface area contributed by atoms with Gasteiger partial charge in [-0.3, -0.25) is 9.59 Å². The van der Waals surface area contributed by atoms with E-state index < -0.39 is 0 Å². The highest BCUT2D eigenvalue weighted by Crippen LogP contribution is 2.16. The molecule has 0 fully saturated rings. The Morgan fingerprint density at radius 1 is 1.04 bits per heavy atom. The molecule has 0 saturated heterocycles. The van der Waals surface area contributed by atoms with Crippen LogP contribution in [0.2, 0.25) is 0 Å². The van der Waals surface area contributed by atoms with Gasteiger partial charge in [0.05, 0.1) is 6.61 Å². The molecule has 2 rings (SSSR count). The number of methoxy groups -OCH3 is 1. The quantitative estimate of drug-likeness (QED) is 0.713. The molecule has 0 aliphatic heterocycles. The third-order valence-corrected chi connectivity index (χ3v) is 3.85. The van der Waals surface area contributed by atoms with Crippen molar-refractivity contribution in [2.45, 2.75) is 13.8 Å². The van der Waals surface area contributed by atoms with Gasteiger partial charge >= 0.3 is 0 Å². The van der Waals surface area contributed by atoms with Crippen molar-refractivity contribution in [2.75, 3.05) is 32.2 Å². The molecule has 0 bridgehead atoms. The molecule has 6 nitrogen and oxygen atoms in total. The van der Waals surface area contributed by atoms with Crippen LogP contribution >= 0.6 is 0 Å². The van der Waals surface area contributed by atoms with E-state index >= 15 is 0 Å². The third kappa shape index (κ3) is 5.89. The second-order valence-corrected chi connectivity index (χ2v) is 5.91. The zero-order valence-electron chi connectivity index (χ0n) is 15.3. The Kier molecular flexibility index (Phi) is 7.17. The van der Waals surface area contributed by atoms with Gasteiger partial charge in [-0.15, -0.1) is 0 Å². The minimum atomic E-state index is -0.292. The summed E-state index contributed by atoms with van der Waals surface area (Å²) in [6.45, 7) is 4.77. The van der Waals surface area contributed by atoms with E-state index in [1.807, 2.05) is 32.0 Å². The van der Waals surface area contributed by atoms with E-state index in [0.717, 1.165) is 5.56 Å². The number of anilines is 1. The van der Waals surface area contributed by atoms with Gasteiger partial charge in [0.15, 0.2) is 6.61 Å².